The van der Waals surface area contributed by atoms with Crippen LogP contribution >= 0.6 is 0 Å². The summed E-state index contributed by atoms with van der Waals surface area (Å²) in [4.78, 5) is 0. The summed E-state index contributed by atoms with van der Waals surface area (Å²) in [5.41, 5.74) is 0. The Balaban J connectivity index is 2.53. The topological polar surface area (TPSA) is 39.8 Å². The molecule has 0 aromatic heterocycles. The summed E-state index contributed by atoms with van der Waals surface area (Å²) >= 11 is 0. The van der Waals surface area contributed by atoms with Crippen molar-refractivity contribution in [3.05, 3.63) is 0 Å². The normalized spacial score (nSPS) is 9.75. The minimum atomic E-state index is 0.0128. The molecule has 0 rings (SSSR count). The van der Waals surface area contributed by atoms with E-state index in [1.54, 1.807) is 0 Å². The van der Waals surface area contributed by atoms with Gasteiger partial charge in [0.2, 0.25) is 0 Å². The van der Waals surface area contributed by atoms with Gasteiger partial charge in [0.1, 0.15) is 0 Å². The van der Waals surface area contributed by atoms with E-state index in [4.69, 9.17) is 0 Å². The molecule has 2 nitrogen and oxygen atoms in total. The second-order valence-corrected chi connectivity index (χ2v) is 1.82. The van der Waals surface area contributed by atoms with Crippen LogP contribution in [0.1, 0.15) is 25.7 Å². The van der Waals surface area contributed by atoms with Crippen molar-refractivity contribution in [3.63, 3.8) is 0 Å². The third-order valence-corrected chi connectivity index (χ3v) is 1.04. The van der Waals surface area contributed by atoms with Crippen molar-refractivity contribution in [2.24, 2.45) is 0 Å². The highest BCUT2D eigenvalue weighted by molar-refractivity contribution is 4.38. The van der Waals surface area contributed by atoms with Crippen LogP contribution in [0, 0.1) is 0 Å². The van der Waals surface area contributed by atoms with Crippen molar-refractivity contribution in [1.82, 2.24) is 0 Å². The standard InChI is InChI=1S/C6H12O2/c7-5-3-1-2-4-6-8/h1-6H2. The Morgan fingerprint density at radius 1 is 0.625 bits per heavy atom. The van der Waals surface area contributed by atoms with Gasteiger partial charge in [-0.05, 0) is 12.8 Å². The molecule has 48 valence electrons. The summed E-state index contributed by atoms with van der Waals surface area (Å²) in [6.45, 7) is 0.0255. The van der Waals surface area contributed by atoms with Gasteiger partial charge < -0.3 is 0 Å². The second kappa shape index (κ2) is 6.92. The molecular formula is C6H12O2. The largest absolute Gasteiger partial charge is 0.237 e. The lowest BCUT2D eigenvalue weighted by Crippen LogP contribution is -1.83. The van der Waals surface area contributed by atoms with Crippen LogP contribution in [0.2, 0.25) is 0 Å². The predicted octanol–water partition coefficient (Wildman–Crippen LogP) is 1.41. The Morgan fingerprint density at radius 2 is 1.00 bits per heavy atom. The maximum absolute atomic E-state index is 9.81. The van der Waals surface area contributed by atoms with Gasteiger partial charge in [-0.3, -0.25) is 0 Å². The number of unbranched alkanes of at least 4 members (excludes halogenated alkanes) is 3. The van der Waals surface area contributed by atoms with Crippen LogP contribution in [0.4, 0.5) is 0 Å². The van der Waals surface area contributed by atoms with Crippen LogP contribution in [0.5, 0.6) is 0 Å². The molecule has 0 atom stereocenters. The van der Waals surface area contributed by atoms with Crippen LogP contribution in [0.25, 0.3) is 0 Å². The fraction of sp³-hybridized carbons (Fsp3) is 1.00. The summed E-state index contributed by atoms with van der Waals surface area (Å²) in [7, 11) is 0. The summed E-state index contributed by atoms with van der Waals surface area (Å²) in [6, 6.07) is 0. The highest BCUT2D eigenvalue weighted by Gasteiger charge is 1.86. The fourth-order valence-corrected chi connectivity index (χ4v) is 0.558. The highest BCUT2D eigenvalue weighted by atomic mass is 16.3. The first-order chi connectivity index (χ1) is 3.91. The van der Waals surface area contributed by atoms with Crippen molar-refractivity contribution in [3.8, 4) is 0 Å². The number of rotatable bonds is 5. The van der Waals surface area contributed by atoms with Gasteiger partial charge in [-0.25, -0.2) is 10.2 Å². The Labute approximate surface area is 50.2 Å². The molecule has 0 aliphatic heterocycles. The maximum Gasteiger partial charge on any atom is 0.0822 e. The quantitative estimate of drug-likeness (QED) is 0.487. The van der Waals surface area contributed by atoms with Crippen LogP contribution in [0.3, 0.4) is 0 Å². The maximum atomic E-state index is 9.81. The van der Waals surface area contributed by atoms with Crippen molar-refractivity contribution in [2.75, 3.05) is 13.2 Å². The average Bonchev–Trinajstić information content (AvgIpc) is 1.81. The minimum Gasteiger partial charge on any atom is -0.237 e. The smallest absolute Gasteiger partial charge is 0.0822 e. The molecule has 0 spiro atoms. The molecule has 0 N–H and O–H groups in total. The number of hydrogen-bond acceptors (Lipinski definition) is 0. The Morgan fingerprint density at radius 3 is 1.25 bits per heavy atom. The average molecular weight is 116 g/mol. The van der Waals surface area contributed by atoms with E-state index in [0.717, 1.165) is 25.7 Å². The zero-order valence-electron chi connectivity index (χ0n) is 5.06. The molecule has 0 amide bonds. The molecular weight excluding hydrogens is 104 g/mol. The van der Waals surface area contributed by atoms with Gasteiger partial charge in [0.25, 0.3) is 0 Å². The minimum absolute atomic E-state index is 0.0128. The van der Waals surface area contributed by atoms with Crippen LogP contribution in [-0.4, -0.2) is 13.2 Å². The van der Waals surface area contributed by atoms with E-state index in [9.17, 15) is 10.2 Å². The molecule has 0 aromatic rings. The molecule has 0 bridgehead atoms. The van der Waals surface area contributed by atoms with E-state index in [0.29, 0.717) is 0 Å². The van der Waals surface area contributed by atoms with Gasteiger partial charge in [-0.15, -0.1) is 0 Å². The molecule has 0 heterocycles. The van der Waals surface area contributed by atoms with Crippen LogP contribution < -0.4 is 0 Å². The molecule has 2 heteroatoms. The Kier molecular flexibility index (Phi) is 6.85. The summed E-state index contributed by atoms with van der Waals surface area (Å²) in [5.74, 6) is 0. The van der Waals surface area contributed by atoms with Gasteiger partial charge in [0.15, 0.2) is 0 Å². The van der Waals surface area contributed by atoms with Crippen LogP contribution in [-0.2, 0) is 10.2 Å². The van der Waals surface area contributed by atoms with E-state index in [2.05, 4.69) is 0 Å². The SMILES string of the molecule is [O]CCCCCC[O]. The third-order valence-electron chi connectivity index (χ3n) is 1.04. The van der Waals surface area contributed by atoms with E-state index in [1.165, 1.54) is 0 Å². The monoisotopic (exact) mass is 116 g/mol. The molecule has 0 aromatic carbocycles. The lowest BCUT2D eigenvalue weighted by molar-refractivity contribution is 0.173. The first kappa shape index (κ1) is 7.92. The van der Waals surface area contributed by atoms with Gasteiger partial charge in [0.05, 0.1) is 13.2 Å². The first-order valence-corrected chi connectivity index (χ1v) is 3.08. The predicted molar refractivity (Wildman–Crippen MR) is 29.6 cm³/mol. The van der Waals surface area contributed by atoms with Crippen LogP contribution in [0.15, 0.2) is 0 Å². The molecule has 8 heavy (non-hydrogen) atoms. The Hall–Kier alpha value is -0.0800. The number of hydrogen-bond donors (Lipinski definition) is 0. The third kappa shape index (κ3) is 5.92. The van der Waals surface area contributed by atoms with E-state index >= 15 is 0 Å². The van der Waals surface area contributed by atoms with E-state index in [-0.39, 0.29) is 13.2 Å². The van der Waals surface area contributed by atoms with Crippen molar-refractivity contribution >= 4 is 0 Å². The highest BCUT2D eigenvalue weighted by Crippen LogP contribution is 1.97. The van der Waals surface area contributed by atoms with Gasteiger partial charge in [-0.1, -0.05) is 12.8 Å². The zero-order valence-corrected chi connectivity index (χ0v) is 5.06. The molecule has 0 aliphatic carbocycles. The summed E-state index contributed by atoms with van der Waals surface area (Å²) in [6.07, 6.45) is 3.34. The first-order valence-electron chi connectivity index (χ1n) is 3.08. The van der Waals surface area contributed by atoms with Gasteiger partial charge in [0, 0.05) is 0 Å². The molecule has 2 radical (unpaired) electrons. The zero-order chi connectivity index (χ0) is 6.24. The molecule has 0 saturated heterocycles. The molecule has 0 fully saturated rings. The van der Waals surface area contributed by atoms with Crippen molar-refractivity contribution in [2.45, 2.75) is 25.7 Å². The summed E-state index contributed by atoms with van der Waals surface area (Å²) in [5, 5.41) is 19.6. The van der Waals surface area contributed by atoms with E-state index < -0.39 is 0 Å². The lowest BCUT2D eigenvalue weighted by atomic mass is 10.2. The fourth-order valence-electron chi connectivity index (χ4n) is 0.558. The molecule has 0 unspecified atom stereocenters. The Bertz CT molecular complexity index is 31.5. The lowest BCUT2D eigenvalue weighted by Gasteiger charge is -1.91. The second-order valence-electron chi connectivity index (χ2n) is 1.82. The van der Waals surface area contributed by atoms with Crippen molar-refractivity contribution < 1.29 is 10.2 Å². The molecule has 0 saturated carbocycles. The molecule has 0 aliphatic rings. The van der Waals surface area contributed by atoms with Gasteiger partial charge >= 0.3 is 0 Å². The summed E-state index contributed by atoms with van der Waals surface area (Å²) < 4.78 is 0. The van der Waals surface area contributed by atoms with Gasteiger partial charge in [-0.2, -0.15) is 0 Å². The van der Waals surface area contributed by atoms with Crippen molar-refractivity contribution in [1.29, 1.82) is 0 Å². The van der Waals surface area contributed by atoms with E-state index in [1.807, 2.05) is 0 Å².